The van der Waals surface area contributed by atoms with Crippen molar-refractivity contribution in [3.05, 3.63) is 23.8 Å². The number of carbonyl (C=O) groups excluding carboxylic acids is 1. The normalized spacial score (nSPS) is 13.8. The van der Waals surface area contributed by atoms with Crippen LogP contribution in [0.4, 0.5) is 11.4 Å². The molecule has 0 fully saturated rings. The summed E-state index contributed by atoms with van der Waals surface area (Å²) in [5.41, 5.74) is 8.68. The minimum absolute atomic E-state index is 0.221. The molecule has 2 rings (SSSR count). The highest BCUT2D eigenvalue weighted by molar-refractivity contribution is 6.01. The Kier molecular flexibility index (Phi) is 6.09. The number of benzene rings is 1. The molecule has 1 aliphatic rings. The SMILES string of the molecule is CCCCCCCCCCN1C(=O)Cc2cc(N)ccc21. The Morgan fingerprint density at radius 3 is 2.43 bits per heavy atom. The Labute approximate surface area is 128 Å². The number of hydrogen-bond acceptors (Lipinski definition) is 2. The van der Waals surface area contributed by atoms with E-state index in [1.165, 1.54) is 44.9 Å². The Hall–Kier alpha value is -1.51. The van der Waals surface area contributed by atoms with Gasteiger partial charge in [-0.2, -0.15) is 0 Å². The van der Waals surface area contributed by atoms with Gasteiger partial charge in [-0.3, -0.25) is 4.79 Å². The van der Waals surface area contributed by atoms with E-state index in [1.807, 2.05) is 23.1 Å². The van der Waals surface area contributed by atoms with Crippen molar-refractivity contribution < 1.29 is 4.79 Å². The van der Waals surface area contributed by atoms with E-state index in [-0.39, 0.29) is 5.91 Å². The van der Waals surface area contributed by atoms with E-state index < -0.39 is 0 Å². The van der Waals surface area contributed by atoms with Crippen molar-refractivity contribution in [1.29, 1.82) is 0 Å². The summed E-state index contributed by atoms with van der Waals surface area (Å²) in [5.74, 6) is 0.221. The van der Waals surface area contributed by atoms with Crippen LogP contribution in [0.1, 0.15) is 63.9 Å². The van der Waals surface area contributed by atoms with E-state index in [9.17, 15) is 4.79 Å². The van der Waals surface area contributed by atoms with Gasteiger partial charge in [0.2, 0.25) is 5.91 Å². The summed E-state index contributed by atoms with van der Waals surface area (Å²) in [5, 5.41) is 0. The largest absolute Gasteiger partial charge is 0.399 e. The molecule has 0 radical (unpaired) electrons. The standard InChI is InChI=1S/C18H28N2O/c1-2-3-4-5-6-7-8-9-12-20-17-11-10-16(19)13-15(17)14-18(20)21/h10-11,13H,2-9,12,14,19H2,1H3. The molecule has 1 aromatic carbocycles. The topological polar surface area (TPSA) is 46.3 Å². The highest BCUT2D eigenvalue weighted by Gasteiger charge is 2.26. The number of nitrogen functional groups attached to an aromatic ring is 1. The molecule has 0 bridgehead atoms. The van der Waals surface area contributed by atoms with Crippen LogP contribution in [0, 0.1) is 0 Å². The van der Waals surface area contributed by atoms with E-state index in [0.717, 1.165) is 29.9 Å². The van der Waals surface area contributed by atoms with E-state index in [4.69, 9.17) is 5.73 Å². The molecule has 1 aromatic rings. The Morgan fingerprint density at radius 1 is 1.05 bits per heavy atom. The first-order chi connectivity index (χ1) is 10.2. The number of fused-ring (bicyclic) bond motifs is 1. The van der Waals surface area contributed by atoms with Crippen molar-refractivity contribution in [2.75, 3.05) is 17.2 Å². The lowest BCUT2D eigenvalue weighted by Gasteiger charge is -2.17. The van der Waals surface area contributed by atoms with Gasteiger partial charge in [-0.25, -0.2) is 0 Å². The minimum Gasteiger partial charge on any atom is -0.399 e. The first-order valence-corrected chi connectivity index (χ1v) is 8.41. The summed E-state index contributed by atoms with van der Waals surface area (Å²) >= 11 is 0. The van der Waals surface area contributed by atoms with Gasteiger partial charge in [0.15, 0.2) is 0 Å². The highest BCUT2D eigenvalue weighted by Crippen LogP contribution is 2.30. The van der Waals surface area contributed by atoms with E-state index in [1.54, 1.807) is 0 Å². The molecule has 116 valence electrons. The number of anilines is 2. The quantitative estimate of drug-likeness (QED) is 0.544. The van der Waals surface area contributed by atoms with Gasteiger partial charge in [0, 0.05) is 17.9 Å². The van der Waals surface area contributed by atoms with Crippen LogP contribution in [0.2, 0.25) is 0 Å². The Morgan fingerprint density at radius 2 is 1.71 bits per heavy atom. The second-order valence-electron chi connectivity index (χ2n) is 6.09. The summed E-state index contributed by atoms with van der Waals surface area (Å²) < 4.78 is 0. The van der Waals surface area contributed by atoms with Crippen LogP contribution < -0.4 is 10.6 Å². The lowest BCUT2D eigenvalue weighted by atomic mass is 10.1. The van der Waals surface area contributed by atoms with Crippen LogP contribution in [0.5, 0.6) is 0 Å². The molecule has 2 N–H and O–H groups in total. The zero-order valence-corrected chi connectivity index (χ0v) is 13.2. The summed E-state index contributed by atoms with van der Waals surface area (Å²) in [4.78, 5) is 14.0. The number of amides is 1. The van der Waals surface area contributed by atoms with Gasteiger partial charge in [-0.1, -0.05) is 51.9 Å². The predicted octanol–water partition coefficient (Wildman–Crippen LogP) is 4.30. The number of carbonyl (C=O) groups is 1. The molecular formula is C18H28N2O. The third kappa shape index (κ3) is 4.48. The second kappa shape index (κ2) is 8.06. The van der Waals surface area contributed by atoms with Crippen molar-refractivity contribution in [3.8, 4) is 0 Å². The lowest BCUT2D eigenvalue weighted by molar-refractivity contribution is -0.117. The van der Waals surface area contributed by atoms with Gasteiger partial charge in [-0.05, 0) is 30.2 Å². The molecule has 1 amide bonds. The summed E-state index contributed by atoms with van der Waals surface area (Å²) in [7, 11) is 0. The van der Waals surface area contributed by atoms with Gasteiger partial charge in [0.05, 0.1) is 6.42 Å². The first-order valence-electron chi connectivity index (χ1n) is 8.41. The number of nitrogens with two attached hydrogens (primary N) is 1. The molecule has 0 spiro atoms. The summed E-state index contributed by atoms with van der Waals surface area (Å²) in [6, 6.07) is 5.81. The maximum atomic E-state index is 12.1. The van der Waals surface area contributed by atoms with E-state index in [2.05, 4.69) is 6.92 Å². The molecule has 3 nitrogen and oxygen atoms in total. The predicted molar refractivity (Wildman–Crippen MR) is 89.5 cm³/mol. The molecule has 0 saturated carbocycles. The monoisotopic (exact) mass is 288 g/mol. The number of hydrogen-bond donors (Lipinski definition) is 1. The van der Waals surface area contributed by atoms with E-state index in [0.29, 0.717) is 6.42 Å². The average Bonchev–Trinajstić information content (AvgIpc) is 2.76. The van der Waals surface area contributed by atoms with Crippen molar-refractivity contribution in [2.24, 2.45) is 0 Å². The fraction of sp³-hybridized carbons (Fsp3) is 0.611. The van der Waals surface area contributed by atoms with Crippen LogP contribution in [0.25, 0.3) is 0 Å². The number of rotatable bonds is 9. The molecule has 0 saturated heterocycles. The van der Waals surface area contributed by atoms with Crippen molar-refractivity contribution in [1.82, 2.24) is 0 Å². The molecule has 0 aliphatic carbocycles. The molecule has 0 unspecified atom stereocenters. The first kappa shape index (κ1) is 15.9. The number of unbranched alkanes of at least 4 members (excludes halogenated alkanes) is 7. The lowest BCUT2D eigenvalue weighted by Crippen LogP contribution is -2.27. The van der Waals surface area contributed by atoms with Crippen molar-refractivity contribution >= 4 is 17.3 Å². The minimum atomic E-state index is 0.221. The molecule has 1 heterocycles. The van der Waals surface area contributed by atoms with Gasteiger partial charge in [-0.15, -0.1) is 0 Å². The van der Waals surface area contributed by atoms with Gasteiger partial charge in [0.1, 0.15) is 0 Å². The third-order valence-electron chi connectivity index (χ3n) is 4.27. The molecule has 21 heavy (non-hydrogen) atoms. The van der Waals surface area contributed by atoms with Crippen LogP contribution in [0.3, 0.4) is 0 Å². The third-order valence-corrected chi connectivity index (χ3v) is 4.27. The highest BCUT2D eigenvalue weighted by atomic mass is 16.2. The molecule has 0 aromatic heterocycles. The molecular weight excluding hydrogens is 260 g/mol. The van der Waals surface area contributed by atoms with Gasteiger partial charge >= 0.3 is 0 Å². The van der Waals surface area contributed by atoms with Gasteiger partial charge in [0.25, 0.3) is 0 Å². The summed E-state index contributed by atoms with van der Waals surface area (Å²) in [6.07, 6.45) is 10.9. The van der Waals surface area contributed by atoms with E-state index >= 15 is 0 Å². The zero-order chi connectivity index (χ0) is 15.1. The maximum Gasteiger partial charge on any atom is 0.231 e. The van der Waals surface area contributed by atoms with Crippen molar-refractivity contribution in [3.63, 3.8) is 0 Å². The van der Waals surface area contributed by atoms with Crippen LogP contribution in [-0.4, -0.2) is 12.5 Å². The van der Waals surface area contributed by atoms with Crippen LogP contribution in [-0.2, 0) is 11.2 Å². The number of nitrogens with zero attached hydrogens (tertiary/aromatic N) is 1. The molecule has 0 atom stereocenters. The molecule has 3 heteroatoms. The van der Waals surface area contributed by atoms with Crippen LogP contribution >= 0.6 is 0 Å². The average molecular weight is 288 g/mol. The van der Waals surface area contributed by atoms with Crippen LogP contribution in [0.15, 0.2) is 18.2 Å². The fourth-order valence-corrected chi connectivity index (χ4v) is 3.05. The smallest absolute Gasteiger partial charge is 0.231 e. The molecule has 1 aliphatic heterocycles. The second-order valence-corrected chi connectivity index (χ2v) is 6.09. The summed E-state index contributed by atoms with van der Waals surface area (Å²) in [6.45, 7) is 3.10. The fourth-order valence-electron chi connectivity index (χ4n) is 3.05. The maximum absolute atomic E-state index is 12.1. The Balaban J connectivity index is 1.69. The van der Waals surface area contributed by atoms with Gasteiger partial charge < -0.3 is 10.6 Å². The Bertz CT molecular complexity index is 470. The van der Waals surface area contributed by atoms with Crippen molar-refractivity contribution in [2.45, 2.75) is 64.7 Å². The zero-order valence-electron chi connectivity index (χ0n) is 13.2.